The number of thiazole rings is 1. The molecule has 1 aromatic carbocycles. The number of hydrogen-bond donors (Lipinski definition) is 2. The van der Waals surface area contributed by atoms with E-state index in [0.717, 1.165) is 36.5 Å². The summed E-state index contributed by atoms with van der Waals surface area (Å²) in [5, 5.41) is 7.79. The van der Waals surface area contributed by atoms with E-state index in [0.29, 0.717) is 19.5 Å². The van der Waals surface area contributed by atoms with Gasteiger partial charge in [-0.3, -0.25) is 9.59 Å². The molecule has 0 saturated carbocycles. The van der Waals surface area contributed by atoms with Crippen molar-refractivity contribution in [3.05, 3.63) is 24.3 Å². The van der Waals surface area contributed by atoms with Gasteiger partial charge in [0, 0.05) is 25.8 Å². The quantitative estimate of drug-likeness (QED) is 0.746. The lowest BCUT2D eigenvalue weighted by Crippen LogP contribution is -2.43. The Bertz CT molecular complexity index is 832. The van der Waals surface area contributed by atoms with E-state index in [1.165, 1.54) is 4.70 Å². The predicted molar refractivity (Wildman–Crippen MR) is 107 cm³/mol. The van der Waals surface area contributed by atoms with Crippen molar-refractivity contribution < 1.29 is 9.59 Å². The SMILES string of the molecule is O=C1NN=CC1CCCNC(=O)C1CCCN(c2nc3ccccc3s2)C1. The zero-order chi connectivity index (χ0) is 18.6. The van der Waals surface area contributed by atoms with Crippen LogP contribution in [0.1, 0.15) is 25.7 Å². The molecule has 0 bridgehead atoms. The Labute approximate surface area is 161 Å². The summed E-state index contributed by atoms with van der Waals surface area (Å²) in [6, 6.07) is 8.13. The number of nitrogens with one attached hydrogen (secondary N) is 2. The molecule has 2 N–H and O–H groups in total. The number of hydrazone groups is 1. The Balaban J connectivity index is 1.27. The van der Waals surface area contributed by atoms with Crippen molar-refractivity contribution >= 4 is 44.7 Å². The summed E-state index contributed by atoms with van der Waals surface area (Å²) in [7, 11) is 0. The van der Waals surface area contributed by atoms with Crippen molar-refractivity contribution in [1.29, 1.82) is 0 Å². The fraction of sp³-hybridized carbons (Fsp3) is 0.474. The van der Waals surface area contributed by atoms with Gasteiger partial charge in [0.05, 0.1) is 22.1 Å². The average Bonchev–Trinajstić information content (AvgIpc) is 3.31. The van der Waals surface area contributed by atoms with Crippen LogP contribution in [-0.2, 0) is 9.59 Å². The number of piperidine rings is 1. The van der Waals surface area contributed by atoms with Crippen LogP contribution >= 0.6 is 11.3 Å². The average molecular weight is 385 g/mol. The first-order valence-electron chi connectivity index (χ1n) is 9.42. The zero-order valence-electron chi connectivity index (χ0n) is 15.1. The van der Waals surface area contributed by atoms with Crippen LogP contribution in [0.4, 0.5) is 5.13 Å². The highest BCUT2D eigenvalue weighted by molar-refractivity contribution is 7.22. The van der Waals surface area contributed by atoms with E-state index in [2.05, 4.69) is 26.8 Å². The minimum atomic E-state index is -0.161. The molecule has 2 atom stereocenters. The maximum absolute atomic E-state index is 12.5. The number of rotatable bonds is 6. The Morgan fingerprint density at radius 2 is 2.26 bits per heavy atom. The van der Waals surface area contributed by atoms with E-state index in [1.54, 1.807) is 17.6 Å². The van der Waals surface area contributed by atoms with Crippen molar-refractivity contribution in [2.75, 3.05) is 24.5 Å². The number of carbonyl (C=O) groups excluding carboxylic acids is 2. The molecule has 3 heterocycles. The van der Waals surface area contributed by atoms with Gasteiger partial charge in [-0.05, 0) is 37.8 Å². The molecule has 2 aliphatic rings. The predicted octanol–water partition coefficient (Wildman–Crippen LogP) is 2.14. The van der Waals surface area contributed by atoms with E-state index in [4.69, 9.17) is 4.98 Å². The molecule has 7 nitrogen and oxygen atoms in total. The van der Waals surface area contributed by atoms with Gasteiger partial charge < -0.3 is 10.2 Å². The molecule has 0 aliphatic carbocycles. The third-order valence-corrected chi connectivity index (χ3v) is 6.20. The lowest BCUT2D eigenvalue weighted by molar-refractivity contribution is -0.125. The summed E-state index contributed by atoms with van der Waals surface area (Å²) < 4.78 is 1.18. The molecular weight excluding hydrogens is 362 g/mol. The molecule has 4 rings (SSSR count). The van der Waals surface area contributed by atoms with Crippen LogP contribution in [0.25, 0.3) is 10.2 Å². The van der Waals surface area contributed by atoms with Gasteiger partial charge in [0.15, 0.2) is 5.13 Å². The number of para-hydroxylation sites is 1. The standard InChI is InChI=1S/C19H23N5O2S/c25-17(20-9-3-5-13-11-21-23-18(13)26)14-6-4-10-24(12-14)19-22-15-7-1-2-8-16(15)27-19/h1-2,7-8,11,13-14H,3-6,9-10,12H2,(H,20,25)(H,23,26). The van der Waals surface area contributed by atoms with Crippen molar-refractivity contribution in [3.63, 3.8) is 0 Å². The summed E-state index contributed by atoms with van der Waals surface area (Å²) in [6.07, 6.45) is 5.01. The zero-order valence-corrected chi connectivity index (χ0v) is 15.9. The Morgan fingerprint density at radius 1 is 1.37 bits per heavy atom. The van der Waals surface area contributed by atoms with Crippen molar-refractivity contribution in [2.24, 2.45) is 16.9 Å². The molecule has 2 amide bonds. The van der Waals surface area contributed by atoms with E-state index in [-0.39, 0.29) is 23.7 Å². The van der Waals surface area contributed by atoms with Gasteiger partial charge in [0.1, 0.15) is 0 Å². The van der Waals surface area contributed by atoms with Gasteiger partial charge in [0.25, 0.3) is 0 Å². The molecule has 2 aromatic rings. The third kappa shape index (κ3) is 4.10. The first-order valence-corrected chi connectivity index (χ1v) is 10.2. The van der Waals surface area contributed by atoms with Gasteiger partial charge in [-0.1, -0.05) is 23.5 Å². The minimum absolute atomic E-state index is 0.0119. The van der Waals surface area contributed by atoms with Crippen molar-refractivity contribution in [3.8, 4) is 0 Å². The van der Waals surface area contributed by atoms with Gasteiger partial charge in [-0.25, -0.2) is 10.4 Å². The molecule has 1 aromatic heterocycles. The van der Waals surface area contributed by atoms with Gasteiger partial charge in [-0.2, -0.15) is 5.10 Å². The summed E-state index contributed by atoms with van der Waals surface area (Å²) in [6.45, 7) is 2.25. The number of fused-ring (bicyclic) bond motifs is 1. The Morgan fingerprint density at radius 3 is 3.07 bits per heavy atom. The Kier molecular flexibility index (Phi) is 5.33. The number of hydrogen-bond acceptors (Lipinski definition) is 6. The van der Waals surface area contributed by atoms with E-state index in [9.17, 15) is 9.59 Å². The molecule has 8 heteroatoms. The van der Waals surface area contributed by atoms with E-state index in [1.807, 2.05) is 18.2 Å². The molecule has 2 aliphatic heterocycles. The highest BCUT2D eigenvalue weighted by Gasteiger charge is 2.27. The molecule has 27 heavy (non-hydrogen) atoms. The summed E-state index contributed by atoms with van der Waals surface area (Å²) in [5.74, 6) is -0.126. The molecule has 142 valence electrons. The highest BCUT2D eigenvalue weighted by Crippen LogP contribution is 2.31. The monoisotopic (exact) mass is 385 g/mol. The van der Waals surface area contributed by atoms with Crippen LogP contribution < -0.4 is 15.6 Å². The van der Waals surface area contributed by atoms with Crippen LogP contribution in [0.15, 0.2) is 29.4 Å². The third-order valence-electron chi connectivity index (χ3n) is 5.10. The second-order valence-corrected chi connectivity index (χ2v) is 8.05. The van der Waals surface area contributed by atoms with Crippen LogP contribution in [-0.4, -0.2) is 42.6 Å². The van der Waals surface area contributed by atoms with Crippen LogP contribution in [0.2, 0.25) is 0 Å². The second-order valence-electron chi connectivity index (χ2n) is 7.04. The van der Waals surface area contributed by atoms with Crippen LogP contribution in [0, 0.1) is 11.8 Å². The first kappa shape index (κ1) is 17.9. The molecule has 2 unspecified atom stereocenters. The second kappa shape index (κ2) is 8.04. The molecule has 0 radical (unpaired) electrons. The number of amides is 2. The van der Waals surface area contributed by atoms with E-state index >= 15 is 0 Å². The summed E-state index contributed by atoms with van der Waals surface area (Å²) in [4.78, 5) is 31.0. The molecular formula is C19H23N5O2S. The maximum atomic E-state index is 12.5. The lowest BCUT2D eigenvalue weighted by Gasteiger charge is -2.31. The highest BCUT2D eigenvalue weighted by atomic mass is 32.1. The molecule has 0 spiro atoms. The number of nitrogens with zero attached hydrogens (tertiary/aromatic N) is 3. The maximum Gasteiger partial charge on any atom is 0.248 e. The van der Waals surface area contributed by atoms with Gasteiger partial charge >= 0.3 is 0 Å². The fourth-order valence-electron chi connectivity index (χ4n) is 3.59. The van der Waals surface area contributed by atoms with Gasteiger partial charge in [-0.15, -0.1) is 0 Å². The number of carbonyl (C=O) groups is 2. The lowest BCUT2D eigenvalue weighted by atomic mass is 9.97. The summed E-state index contributed by atoms with van der Waals surface area (Å²) in [5.41, 5.74) is 3.45. The van der Waals surface area contributed by atoms with E-state index < -0.39 is 0 Å². The smallest absolute Gasteiger partial charge is 0.248 e. The minimum Gasteiger partial charge on any atom is -0.356 e. The van der Waals surface area contributed by atoms with Crippen molar-refractivity contribution in [1.82, 2.24) is 15.7 Å². The first-order chi connectivity index (χ1) is 13.2. The number of benzene rings is 1. The fourth-order valence-corrected chi connectivity index (χ4v) is 4.59. The number of anilines is 1. The normalized spacial score (nSPS) is 22.2. The molecule has 1 fully saturated rings. The van der Waals surface area contributed by atoms with Gasteiger partial charge in [0.2, 0.25) is 11.8 Å². The van der Waals surface area contributed by atoms with Crippen LogP contribution in [0.3, 0.4) is 0 Å². The van der Waals surface area contributed by atoms with Crippen molar-refractivity contribution in [2.45, 2.75) is 25.7 Å². The number of aromatic nitrogens is 1. The topological polar surface area (TPSA) is 86.7 Å². The largest absolute Gasteiger partial charge is 0.356 e. The molecule has 1 saturated heterocycles. The Hall–Kier alpha value is -2.48. The summed E-state index contributed by atoms with van der Waals surface area (Å²) >= 11 is 1.69. The van der Waals surface area contributed by atoms with Crippen LogP contribution in [0.5, 0.6) is 0 Å².